The van der Waals surface area contributed by atoms with E-state index in [0.29, 0.717) is 30.0 Å². The molecule has 0 spiro atoms. The third-order valence-corrected chi connectivity index (χ3v) is 6.27. The monoisotopic (exact) mass is 495 g/mol. The molecule has 1 N–H and O–H groups in total. The number of unbranched alkanes of at least 4 members (excludes halogenated alkanes) is 1. The van der Waals surface area contributed by atoms with Crippen molar-refractivity contribution in [3.05, 3.63) is 61.6 Å². The molecule has 11 heteroatoms. The van der Waals surface area contributed by atoms with E-state index in [1.54, 1.807) is 22.8 Å². The van der Waals surface area contributed by atoms with Gasteiger partial charge in [-0.25, -0.2) is 9.78 Å². The summed E-state index contributed by atoms with van der Waals surface area (Å²) in [7, 11) is 0. The normalized spacial score (nSPS) is 13.0. The standard InChI is InChI=1S/C25H29N5O6/c1-4-6-11-29-21-20(22(32)27-25(29)35)28(5-2)18(26-21)14-36-19(31)8-7-12-30-23(33)16-10-9-15(3)13-17(16)24(30)34/h9-10,13H,4-8,11-12,14H2,1-3H3,(H,27,32,35). The third-order valence-electron chi connectivity index (χ3n) is 6.27. The number of carbonyl (C=O) groups is 3. The van der Waals surface area contributed by atoms with Gasteiger partial charge in [-0.1, -0.05) is 25.0 Å². The molecule has 2 aromatic heterocycles. The van der Waals surface area contributed by atoms with E-state index >= 15 is 0 Å². The molecule has 0 radical (unpaired) electrons. The summed E-state index contributed by atoms with van der Waals surface area (Å²) >= 11 is 0. The molecule has 4 rings (SSSR count). The van der Waals surface area contributed by atoms with Gasteiger partial charge in [-0.3, -0.25) is 33.6 Å². The molecule has 11 nitrogen and oxygen atoms in total. The maximum atomic E-state index is 12.6. The number of nitrogens with zero attached hydrogens (tertiary/aromatic N) is 4. The molecule has 3 heterocycles. The Kier molecular flexibility index (Phi) is 7.18. The van der Waals surface area contributed by atoms with Gasteiger partial charge in [0.1, 0.15) is 12.4 Å². The first kappa shape index (κ1) is 25.1. The van der Waals surface area contributed by atoms with Crippen LogP contribution in [0.25, 0.3) is 11.2 Å². The summed E-state index contributed by atoms with van der Waals surface area (Å²) in [6.07, 6.45) is 1.87. The largest absolute Gasteiger partial charge is 0.458 e. The average Bonchev–Trinajstić information content (AvgIpc) is 3.33. The Morgan fingerprint density at radius 1 is 1.00 bits per heavy atom. The van der Waals surface area contributed by atoms with Crippen molar-refractivity contribution < 1.29 is 19.1 Å². The predicted molar refractivity (Wildman–Crippen MR) is 131 cm³/mol. The second-order valence-corrected chi connectivity index (χ2v) is 8.78. The number of benzene rings is 1. The smallest absolute Gasteiger partial charge is 0.330 e. The third kappa shape index (κ3) is 4.60. The number of aryl methyl sites for hydroxylation is 3. The number of ether oxygens (including phenoxy) is 1. The van der Waals surface area contributed by atoms with Gasteiger partial charge in [0, 0.05) is 26.1 Å². The number of nitrogens with one attached hydrogen (secondary N) is 1. The number of aromatic nitrogens is 4. The van der Waals surface area contributed by atoms with Gasteiger partial charge in [0.2, 0.25) is 0 Å². The summed E-state index contributed by atoms with van der Waals surface area (Å²) in [4.78, 5) is 70.2. The number of hydrogen-bond acceptors (Lipinski definition) is 7. The number of aromatic amines is 1. The second kappa shape index (κ2) is 10.3. The Labute approximate surface area is 206 Å². The highest BCUT2D eigenvalue weighted by Crippen LogP contribution is 2.24. The van der Waals surface area contributed by atoms with Crippen LogP contribution in [0.15, 0.2) is 27.8 Å². The van der Waals surface area contributed by atoms with Gasteiger partial charge < -0.3 is 9.30 Å². The highest BCUT2D eigenvalue weighted by atomic mass is 16.5. The van der Waals surface area contributed by atoms with E-state index in [-0.39, 0.29) is 49.0 Å². The molecule has 0 saturated heterocycles. The lowest BCUT2D eigenvalue weighted by Gasteiger charge is -2.13. The predicted octanol–water partition coefficient (Wildman–Crippen LogP) is 2.13. The van der Waals surface area contributed by atoms with Crippen molar-refractivity contribution in [2.45, 2.75) is 66.2 Å². The van der Waals surface area contributed by atoms with E-state index in [9.17, 15) is 24.0 Å². The van der Waals surface area contributed by atoms with Crippen LogP contribution in [0.4, 0.5) is 0 Å². The van der Waals surface area contributed by atoms with Gasteiger partial charge in [-0.15, -0.1) is 0 Å². The van der Waals surface area contributed by atoms with E-state index < -0.39 is 17.2 Å². The van der Waals surface area contributed by atoms with Gasteiger partial charge in [0.25, 0.3) is 17.4 Å². The van der Waals surface area contributed by atoms with Gasteiger partial charge in [-0.2, -0.15) is 0 Å². The van der Waals surface area contributed by atoms with Crippen LogP contribution in [0.5, 0.6) is 0 Å². The van der Waals surface area contributed by atoms with Crippen LogP contribution in [0.2, 0.25) is 0 Å². The summed E-state index contributed by atoms with van der Waals surface area (Å²) in [6.45, 7) is 6.43. The first-order valence-electron chi connectivity index (χ1n) is 12.1. The van der Waals surface area contributed by atoms with Crippen LogP contribution in [0.1, 0.15) is 71.6 Å². The molecule has 2 amide bonds. The summed E-state index contributed by atoms with van der Waals surface area (Å²) in [5.41, 5.74) is 1.13. The Hall–Kier alpha value is -4.02. The number of carbonyl (C=O) groups excluding carboxylic acids is 3. The van der Waals surface area contributed by atoms with E-state index in [4.69, 9.17) is 4.74 Å². The molecule has 190 valence electrons. The van der Waals surface area contributed by atoms with Crippen molar-refractivity contribution in [3.8, 4) is 0 Å². The van der Waals surface area contributed by atoms with Gasteiger partial charge >= 0.3 is 11.7 Å². The molecular formula is C25H29N5O6. The zero-order valence-corrected chi connectivity index (χ0v) is 20.6. The van der Waals surface area contributed by atoms with Gasteiger partial charge in [0.15, 0.2) is 11.2 Å². The highest BCUT2D eigenvalue weighted by Gasteiger charge is 2.35. The van der Waals surface area contributed by atoms with Gasteiger partial charge in [0.05, 0.1) is 11.1 Å². The van der Waals surface area contributed by atoms with Crippen LogP contribution in [-0.2, 0) is 29.2 Å². The molecule has 0 atom stereocenters. The quantitative estimate of drug-likeness (QED) is 0.336. The summed E-state index contributed by atoms with van der Waals surface area (Å²) in [5.74, 6) is -0.880. The fourth-order valence-corrected chi connectivity index (χ4v) is 4.40. The average molecular weight is 496 g/mol. The molecule has 0 fully saturated rings. The van der Waals surface area contributed by atoms with E-state index in [2.05, 4.69) is 9.97 Å². The zero-order valence-electron chi connectivity index (χ0n) is 20.6. The first-order chi connectivity index (χ1) is 17.3. The van der Waals surface area contributed by atoms with Crippen LogP contribution >= 0.6 is 0 Å². The number of H-pyrrole nitrogens is 1. The van der Waals surface area contributed by atoms with E-state index in [1.165, 1.54) is 4.57 Å². The minimum Gasteiger partial charge on any atom is -0.458 e. The molecule has 0 aliphatic carbocycles. The molecule has 1 aliphatic heterocycles. The molecule has 3 aromatic rings. The fraction of sp³-hybridized carbons (Fsp3) is 0.440. The Bertz CT molecular complexity index is 1460. The highest BCUT2D eigenvalue weighted by molar-refractivity contribution is 6.21. The number of imidazole rings is 1. The van der Waals surface area contributed by atoms with Crippen molar-refractivity contribution in [2.75, 3.05) is 6.54 Å². The Morgan fingerprint density at radius 3 is 2.47 bits per heavy atom. The van der Waals surface area contributed by atoms with Crippen molar-refractivity contribution >= 4 is 28.9 Å². The second-order valence-electron chi connectivity index (χ2n) is 8.78. The van der Waals surface area contributed by atoms with Crippen LogP contribution in [0.3, 0.4) is 0 Å². The molecule has 0 saturated carbocycles. The maximum absolute atomic E-state index is 12.6. The fourth-order valence-electron chi connectivity index (χ4n) is 4.40. The number of hydrogen-bond donors (Lipinski definition) is 1. The lowest BCUT2D eigenvalue weighted by Crippen LogP contribution is -2.31. The Balaban J connectivity index is 1.40. The summed E-state index contributed by atoms with van der Waals surface area (Å²) in [6, 6.07) is 5.12. The zero-order chi connectivity index (χ0) is 26.0. The lowest BCUT2D eigenvalue weighted by molar-refractivity contribution is -0.145. The first-order valence-corrected chi connectivity index (χ1v) is 12.1. The number of rotatable bonds is 10. The Morgan fingerprint density at radius 2 is 1.75 bits per heavy atom. The SMILES string of the molecule is CCCCn1c(=O)[nH]c(=O)c2c1nc(COC(=O)CCCN1C(=O)c3ccc(C)cc3C1=O)n2CC. The molecule has 0 unspecified atom stereocenters. The van der Waals surface area contributed by atoms with Crippen molar-refractivity contribution in [1.29, 1.82) is 0 Å². The molecule has 36 heavy (non-hydrogen) atoms. The number of amides is 2. The lowest BCUT2D eigenvalue weighted by atomic mass is 10.1. The molecule has 0 bridgehead atoms. The minimum absolute atomic E-state index is 0.000573. The van der Waals surface area contributed by atoms with Crippen LogP contribution in [0, 0.1) is 6.92 Å². The van der Waals surface area contributed by atoms with Crippen LogP contribution in [-0.4, -0.2) is 48.3 Å². The summed E-state index contributed by atoms with van der Waals surface area (Å²) < 4.78 is 8.44. The number of esters is 1. The minimum atomic E-state index is -0.536. The maximum Gasteiger partial charge on any atom is 0.330 e. The molecule has 1 aliphatic rings. The van der Waals surface area contributed by atoms with Crippen LogP contribution < -0.4 is 11.2 Å². The molecule has 1 aromatic carbocycles. The number of imide groups is 1. The van der Waals surface area contributed by atoms with E-state index in [0.717, 1.165) is 23.3 Å². The number of fused-ring (bicyclic) bond motifs is 2. The van der Waals surface area contributed by atoms with Crippen molar-refractivity contribution in [1.82, 2.24) is 24.0 Å². The topological polar surface area (TPSA) is 136 Å². The molecular weight excluding hydrogens is 466 g/mol. The van der Waals surface area contributed by atoms with Crippen molar-refractivity contribution in [3.63, 3.8) is 0 Å². The summed E-state index contributed by atoms with van der Waals surface area (Å²) in [5, 5.41) is 0. The van der Waals surface area contributed by atoms with Crippen molar-refractivity contribution in [2.24, 2.45) is 0 Å². The van der Waals surface area contributed by atoms with Gasteiger partial charge in [-0.05, 0) is 38.8 Å². The van der Waals surface area contributed by atoms with E-state index in [1.807, 2.05) is 20.8 Å².